The largest absolute Gasteiger partial charge is 0.496 e. The molecule has 5 aromatic rings. The number of methoxy groups -OCH3 is 1. The minimum absolute atomic E-state index is 0.245. The lowest BCUT2D eigenvalue weighted by Gasteiger charge is -2.05. The van der Waals surface area contributed by atoms with E-state index in [4.69, 9.17) is 9.84 Å². The molecule has 0 fully saturated rings. The third-order valence-corrected chi connectivity index (χ3v) is 6.15. The fourth-order valence-electron chi connectivity index (χ4n) is 3.59. The zero-order valence-electron chi connectivity index (χ0n) is 18.4. The van der Waals surface area contributed by atoms with Gasteiger partial charge in [0, 0.05) is 41.6 Å². The average molecular weight is 468 g/mol. The van der Waals surface area contributed by atoms with Crippen LogP contribution in [0.2, 0.25) is 0 Å². The smallest absolute Gasteiger partial charge is 0.271 e. The monoisotopic (exact) mass is 467 g/mol. The van der Waals surface area contributed by atoms with Crippen molar-refractivity contribution in [1.82, 2.24) is 25.1 Å². The van der Waals surface area contributed by atoms with E-state index >= 15 is 0 Å². The number of pyridine rings is 1. The molecule has 7 nitrogen and oxygen atoms in total. The highest BCUT2D eigenvalue weighted by Crippen LogP contribution is 2.32. The highest BCUT2D eigenvalue weighted by Gasteiger charge is 2.17. The van der Waals surface area contributed by atoms with Crippen LogP contribution in [0.15, 0.2) is 90.7 Å². The standard InChI is InChI=1S/C26H21N5O2S/c1-33-23-10-6-5-9-21(23)26-29-22(17-34-26)25(32)28-15-19-16-31(20-7-3-2-4-8-20)30-24(19)18-11-13-27-14-12-18/h2-14,16-17H,15H2,1H3,(H,28,32). The summed E-state index contributed by atoms with van der Waals surface area (Å²) in [5.41, 5.74) is 4.78. The highest BCUT2D eigenvalue weighted by molar-refractivity contribution is 7.13. The molecule has 168 valence electrons. The highest BCUT2D eigenvalue weighted by atomic mass is 32.1. The molecule has 1 N–H and O–H groups in total. The molecule has 0 unspecified atom stereocenters. The van der Waals surface area contributed by atoms with E-state index in [1.165, 1.54) is 11.3 Å². The predicted molar refractivity (Wildman–Crippen MR) is 132 cm³/mol. The molecule has 0 aliphatic carbocycles. The molecular weight excluding hydrogens is 446 g/mol. The molecule has 3 aromatic heterocycles. The fraction of sp³-hybridized carbons (Fsp3) is 0.0769. The molecular formula is C26H21N5O2S. The molecule has 0 aliphatic rings. The molecule has 34 heavy (non-hydrogen) atoms. The molecule has 0 bridgehead atoms. The van der Waals surface area contributed by atoms with Crippen LogP contribution in [0.4, 0.5) is 0 Å². The van der Waals surface area contributed by atoms with E-state index in [-0.39, 0.29) is 5.91 Å². The normalized spacial score (nSPS) is 10.7. The third kappa shape index (κ3) is 4.44. The Kier molecular flexibility index (Phi) is 6.13. The lowest BCUT2D eigenvalue weighted by atomic mass is 10.1. The minimum atomic E-state index is -0.245. The van der Waals surface area contributed by atoms with Gasteiger partial charge in [0.2, 0.25) is 0 Å². The Labute approximate surface area is 200 Å². The summed E-state index contributed by atoms with van der Waals surface area (Å²) in [6, 6.07) is 21.3. The molecule has 3 heterocycles. The number of aromatic nitrogens is 4. The van der Waals surface area contributed by atoms with Gasteiger partial charge >= 0.3 is 0 Å². The van der Waals surface area contributed by atoms with E-state index in [1.54, 1.807) is 24.9 Å². The Morgan fingerprint density at radius 3 is 2.59 bits per heavy atom. The molecule has 0 atom stereocenters. The van der Waals surface area contributed by atoms with Crippen LogP contribution in [0, 0.1) is 0 Å². The lowest BCUT2D eigenvalue weighted by Crippen LogP contribution is -2.23. The van der Waals surface area contributed by atoms with E-state index in [0.717, 1.165) is 38.8 Å². The predicted octanol–water partition coefficient (Wildman–Crippen LogP) is 5.00. The zero-order valence-corrected chi connectivity index (χ0v) is 19.2. The van der Waals surface area contributed by atoms with Gasteiger partial charge in [-0.1, -0.05) is 30.3 Å². The van der Waals surface area contributed by atoms with Crippen LogP contribution in [0.1, 0.15) is 16.1 Å². The van der Waals surface area contributed by atoms with E-state index in [0.29, 0.717) is 12.2 Å². The quantitative estimate of drug-likeness (QED) is 0.364. The number of nitrogens with zero attached hydrogens (tertiary/aromatic N) is 4. The van der Waals surface area contributed by atoms with Crippen molar-refractivity contribution in [3.63, 3.8) is 0 Å². The molecule has 5 rings (SSSR count). The number of para-hydroxylation sites is 2. The molecule has 0 saturated carbocycles. The Morgan fingerprint density at radius 2 is 1.79 bits per heavy atom. The van der Waals surface area contributed by atoms with Crippen LogP contribution in [0.3, 0.4) is 0 Å². The first-order valence-corrected chi connectivity index (χ1v) is 11.5. The first-order valence-electron chi connectivity index (χ1n) is 10.6. The van der Waals surface area contributed by atoms with Gasteiger partial charge < -0.3 is 10.1 Å². The summed E-state index contributed by atoms with van der Waals surface area (Å²) in [6.07, 6.45) is 5.40. The summed E-state index contributed by atoms with van der Waals surface area (Å²) >= 11 is 1.41. The molecule has 0 spiro atoms. The molecule has 8 heteroatoms. The average Bonchev–Trinajstić information content (AvgIpc) is 3.56. The van der Waals surface area contributed by atoms with Gasteiger partial charge in [0.05, 0.1) is 24.1 Å². The fourth-order valence-corrected chi connectivity index (χ4v) is 4.42. The zero-order chi connectivity index (χ0) is 23.3. The molecule has 1 amide bonds. The number of benzene rings is 2. The van der Waals surface area contributed by atoms with Crippen molar-refractivity contribution < 1.29 is 9.53 Å². The van der Waals surface area contributed by atoms with Gasteiger partial charge in [-0.3, -0.25) is 9.78 Å². The lowest BCUT2D eigenvalue weighted by molar-refractivity contribution is 0.0946. The number of thiazole rings is 1. The second-order valence-electron chi connectivity index (χ2n) is 7.44. The SMILES string of the molecule is COc1ccccc1-c1nc(C(=O)NCc2cn(-c3ccccc3)nc2-c2ccncc2)cs1. The number of hydrogen-bond donors (Lipinski definition) is 1. The number of carbonyl (C=O) groups is 1. The third-order valence-electron chi connectivity index (χ3n) is 5.28. The molecule has 2 aromatic carbocycles. The van der Waals surface area contributed by atoms with E-state index < -0.39 is 0 Å². The van der Waals surface area contributed by atoms with Crippen molar-refractivity contribution in [2.75, 3.05) is 7.11 Å². The van der Waals surface area contributed by atoms with Crippen LogP contribution in [0.5, 0.6) is 5.75 Å². The van der Waals surface area contributed by atoms with Crippen molar-refractivity contribution in [1.29, 1.82) is 0 Å². The summed E-state index contributed by atoms with van der Waals surface area (Å²) in [4.78, 5) is 21.5. The van der Waals surface area contributed by atoms with Crippen LogP contribution in [-0.4, -0.2) is 32.8 Å². The van der Waals surface area contributed by atoms with E-state index in [1.807, 2.05) is 77.6 Å². The molecule has 0 aliphatic heterocycles. The van der Waals surface area contributed by atoms with E-state index in [2.05, 4.69) is 15.3 Å². The van der Waals surface area contributed by atoms with Gasteiger partial charge in [-0.25, -0.2) is 9.67 Å². The number of hydrogen-bond acceptors (Lipinski definition) is 6. The number of nitrogens with one attached hydrogen (secondary N) is 1. The van der Waals surface area contributed by atoms with Crippen molar-refractivity contribution in [3.05, 3.63) is 102 Å². The number of rotatable bonds is 7. The summed E-state index contributed by atoms with van der Waals surface area (Å²) in [7, 11) is 1.62. The molecule has 0 radical (unpaired) electrons. The van der Waals surface area contributed by atoms with Gasteiger partial charge in [-0.15, -0.1) is 11.3 Å². The van der Waals surface area contributed by atoms with Crippen LogP contribution >= 0.6 is 11.3 Å². The summed E-state index contributed by atoms with van der Waals surface area (Å²) < 4.78 is 7.24. The second kappa shape index (κ2) is 9.68. The second-order valence-corrected chi connectivity index (χ2v) is 8.30. The Hall–Kier alpha value is -4.30. The van der Waals surface area contributed by atoms with Crippen molar-refractivity contribution in [2.24, 2.45) is 0 Å². The minimum Gasteiger partial charge on any atom is -0.496 e. The summed E-state index contributed by atoms with van der Waals surface area (Å²) in [6.45, 7) is 0.310. The topological polar surface area (TPSA) is 81.9 Å². The maximum atomic E-state index is 12.9. The number of amides is 1. The summed E-state index contributed by atoms with van der Waals surface area (Å²) in [5, 5.41) is 10.3. The van der Waals surface area contributed by atoms with Crippen molar-refractivity contribution in [2.45, 2.75) is 6.54 Å². The van der Waals surface area contributed by atoms with Gasteiger partial charge in [0.25, 0.3) is 5.91 Å². The number of carbonyl (C=O) groups excluding carboxylic acids is 1. The van der Waals surface area contributed by atoms with Gasteiger partial charge in [-0.2, -0.15) is 5.10 Å². The Bertz CT molecular complexity index is 1410. The Balaban J connectivity index is 1.38. The first-order chi connectivity index (χ1) is 16.7. The Morgan fingerprint density at radius 1 is 1.03 bits per heavy atom. The van der Waals surface area contributed by atoms with Crippen LogP contribution < -0.4 is 10.1 Å². The van der Waals surface area contributed by atoms with Gasteiger partial charge in [0.1, 0.15) is 16.5 Å². The van der Waals surface area contributed by atoms with Gasteiger partial charge in [0.15, 0.2) is 0 Å². The van der Waals surface area contributed by atoms with E-state index in [9.17, 15) is 4.79 Å². The molecule has 0 saturated heterocycles. The summed E-state index contributed by atoms with van der Waals surface area (Å²) in [5.74, 6) is 0.477. The maximum Gasteiger partial charge on any atom is 0.271 e. The number of ether oxygens (including phenoxy) is 1. The van der Waals surface area contributed by atoms with Gasteiger partial charge in [-0.05, 0) is 36.4 Å². The first kappa shape index (κ1) is 21.5. The maximum absolute atomic E-state index is 12.9. The van der Waals surface area contributed by atoms with Crippen LogP contribution in [-0.2, 0) is 6.54 Å². The van der Waals surface area contributed by atoms with Crippen LogP contribution in [0.25, 0.3) is 27.5 Å². The van der Waals surface area contributed by atoms with Crippen molar-refractivity contribution in [3.8, 4) is 33.3 Å². The van der Waals surface area contributed by atoms with Crippen molar-refractivity contribution >= 4 is 17.2 Å².